The summed E-state index contributed by atoms with van der Waals surface area (Å²) in [6.45, 7) is 0. The van der Waals surface area contributed by atoms with Crippen molar-refractivity contribution in [2.45, 2.75) is 18.8 Å². The van der Waals surface area contributed by atoms with Gasteiger partial charge in [-0.2, -0.15) is 5.26 Å². The molecule has 1 aliphatic rings. The van der Waals surface area contributed by atoms with Crippen molar-refractivity contribution in [1.82, 2.24) is 4.98 Å². The molecule has 1 heterocycles. The van der Waals surface area contributed by atoms with E-state index in [4.69, 9.17) is 5.26 Å². The smallest absolute Gasteiger partial charge is 0.128 e. The summed E-state index contributed by atoms with van der Waals surface area (Å²) in [5, 5.41) is 9.63. The van der Waals surface area contributed by atoms with E-state index < -0.39 is 0 Å². The van der Waals surface area contributed by atoms with Crippen LogP contribution < -0.4 is 0 Å². The van der Waals surface area contributed by atoms with Crippen LogP contribution in [0.1, 0.15) is 29.9 Å². The second-order valence-electron chi connectivity index (χ2n) is 4.18. The van der Waals surface area contributed by atoms with E-state index >= 15 is 0 Å². The monoisotopic (exact) mass is 212 g/mol. The highest BCUT2D eigenvalue weighted by Crippen LogP contribution is 2.42. The lowest BCUT2D eigenvalue weighted by Crippen LogP contribution is -1.90. The van der Waals surface area contributed by atoms with E-state index in [0.29, 0.717) is 17.0 Å². The molecular formula is C13H9FN2. The predicted octanol–water partition coefficient (Wildman–Crippen LogP) is 3.12. The Labute approximate surface area is 92.3 Å². The Hall–Kier alpha value is -1.95. The average Bonchev–Trinajstić information content (AvgIpc) is 3.11. The van der Waals surface area contributed by atoms with Gasteiger partial charge in [0.2, 0.25) is 0 Å². The maximum atomic E-state index is 13.7. The SMILES string of the molecule is N#Cc1cnc2cc(F)c(C3CC3)cc2c1. The second kappa shape index (κ2) is 3.28. The Bertz CT molecular complexity index is 609. The van der Waals surface area contributed by atoms with Gasteiger partial charge in [0.15, 0.2) is 0 Å². The number of nitriles is 1. The summed E-state index contributed by atoms with van der Waals surface area (Å²) in [4.78, 5) is 4.07. The average molecular weight is 212 g/mol. The van der Waals surface area contributed by atoms with Gasteiger partial charge in [-0.15, -0.1) is 0 Å². The molecule has 1 aliphatic carbocycles. The number of aromatic nitrogens is 1. The van der Waals surface area contributed by atoms with Crippen molar-refractivity contribution >= 4 is 10.9 Å². The fraction of sp³-hybridized carbons (Fsp3) is 0.231. The number of halogens is 1. The van der Waals surface area contributed by atoms with E-state index in [-0.39, 0.29) is 5.82 Å². The molecule has 0 saturated heterocycles. The molecule has 0 spiro atoms. The van der Waals surface area contributed by atoms with Gasteiger partial charge in [0.25, 0.3) is 0 Å². The van der Waals surface area contributed by atoms with Crippen LogP contribution in [0.15, 0.2) is 24.4 Å². The Morgan fingerprint density at radius 3 is 2.81 bits per heavy atom. The van der Waals surface area contributed by atoms with Crippen molar-refractivity contribution in [2.24, 2.45) is 0 Å². The van der Waals surface area contributed by atoms with Crippen LogP contribution in [0.4, 0.5) is 4.39 Å². The molecule has 0 aliphatic heterocycles. The molecule has 0 radical (unpaired) electrons. The minimum atomic E-state index is -0.174. The lowest BCUT2D eigenvalue weighted by molar-refractivity contribution is 0.612. The first-order valence-corrected chi connectivity index (χ1v) is 5.27. The van der Waals surface area contributed by atoms with E-state index in [0.717, 1.165) is 23.8 Å². The Morgan fingerprint density at radius 1 is 1.31 bits per heavy atom. The third kappa shape index (κ3) is 1.43. The minimum Gasteiger partial charge on any atom is -0.255 e. The van der Waals surface area contributed by atoms with Gasteiger partial charge in [0.05, 0.1) is 11.1 Å². The van der Waals surface area contributed by atoms with Gasteiger partial charge in [-0.3, -0.25) is 4.98 Å². The lowest BCUT2D eigenvalue weighted by Gasteiger charge is -2.03. The lowest BCUT2D eigenvalue weighted by atomic mass is 10.1. The molecule has 0 unspecified atom stereocenters. The molecule has 1 aromatic carbocycles. The van der Waals surface area contributed by atoms with Gasteiger partial charge in [-0.1, -0.05) is 0 Å². The fourth-order valence-corrected chi connectivity index (χ4v) is 1.94. The molecule has 1 saturated carbocycles. The molecule has 3 heteroatoms. The Kier molecular flexibility index (Phi) is 1.90. The van der Waals surface area contributed by atoms with Crippen LogP contribution >= 0.6 is 0 Å². The third-order valence-electron chi connectivity index (χ3n) is 2.95. The summed E-state index contributed by atoms with van der Waals surface area (Å²) in [5.74, 6) is 0.197. The van der Waals surface area contributed by atoms with Crippen molar-refractivity contribution in [1.29, 1.82) is 5.26 Å². The normalized spacial score (nSPS) is 15.0. The molecule has 0 bridgehead atoms. The number of hydrogen-bond acceptors (Lipinski definition) is 2. The number of hydrogen-bond donors (Lipinski definition) is 0. The van der Waals surface area contributed by atoms with Crippen molar-refractivity contribution in [3.8, 4) is 6.07 Å². The quantitative estimate of drug-likeness (QED) is 0.728. The molecule has 0 N–H and O–H groups in total. The summed E-state index contributed by atoms with van der Waals surface area (Å²) < 4.78 is 13.7. The largest absolute Gasteiger partial charge is 0.255 e. The first kappa shape index (κ1) is 9.29. The molecule has 2 aromatic rings. The number of pyridine rings is 1. The summed E-state index contributed by atoms with van der Waals surface area (Å²) in [5.41, 5.74) is 1.89. The van der Waals surface area contributed by atoms with E-state index in [2.05, 4.69) is 4.98 Å². The minimum absolute atomic E-state index is 0.174. The second-order valence-corrected chi connectivity index (χ2v) is 4.18. The molecule has 1 aromatic heterocycles. The molecule has 16 heavy (non-hydrogen) atoms. The highest BCUT2D eigenvalue weighted by Gasteiger charge is 2.26. The summed E-state index contributed by atoms with van der Waals surface area (Å²) in [7, 11) is 0. The van der Waals surface area contributed by atoms with Crippen LogP contribution in [0.5, 0.6) is 0 Å². The van der Waals surface area contributed by atoms with Gasteiger partial charge in [-0.05, 0) is 36.5 Å². The van der Waals surface area contributed by atoms with E-state index in [1.54, 1.807) is 6.07 Å². The van der Waals surface area contributed by atoms with Crippen LogP contribution in [0, 0.1) is 17.1 Å². The number of nitrogens with zero attached hydrogens (tertiary/aromatic N) is 2. The number of fused-ring (bicyclic) bond motifs is 1. The van der Waals surface area contributed by atoms with Crippen molar-refractivity contribution in [3.05, 3.63) is 41.3 Å². The summed E-state index contributed by atoms with van der Waals surface area (Å²) >= 11 is 0. The Morgan fingerprint density at radius 2 is 2.12 bits per heavy atom. The van der Waals surface area contributed by atoms with E-state index in [1.807, 2.05) is 12.1 Å². The summed E-state index contributed by atoms with van der Waals surface area (Å²) in [6.07, 6.45) is 3.60. The maximum Gasteiger partial charge on any atom is 0.128 e. The van der Waals surface area contributed by atoms with Gasteiger partial charge in [0, 0.05) is 17.6 Å². The Balaban J connectivity index is 2.24. The zero-order chi connectivity index (χ0) is 11.1. The first-order valence-electron chi connectivity index (χ1n) is 5.27. The first-order chi connectivity index (χ1) is 7.78. The van der Waals surface area contributed by atoms with Crippen LogP contribution in [0.2, 0.25) is 0 Å². The molecule has 1 fully saturated rings. The molecule has 2 nitrogen and oxygen atoms in total. The molecule has 0 amide bonds. The fourth-order valence-electron chi connectivity index (χ4n) is 1.94. The maximum absolute atomic E-state index is 13.7. The number of benzene rings is 1. The van der Waals surface area contributed by atoms with Crippen LogP contribution in [0.25, 0.3) is 10.9 Å². The van der Waals surface area contributed by atoms with Gasteiger partial charge in [0.1, 0.15) is 11.9 Å². The van der Waals surface area contributed by atoms with Crippen molar-refractivity contribution < 1.29 is 4.39 Å². The third-order valence-corrected chi connectivity index (χ3v) is 2.95. The van der Waals surface area contributed by atoms with Crippen LogP contribution in [-0.4, -0.2) is 4.98 Å². The molecule has 78 valence electrons. The highest BCUT2D eigenvalue weighted by atomic mass is 19.1. The van der Waals surface area contributed by atoms with Crippen molar-refractivity contribution in [2.75, 3.05) is 0 Å². The zero-order valence-corrected chi connectivity index (χ0v) is 8.57. The molecule has 0 atom stereocenters. The molecular weight excluding hydrogens is 203 g/mol. The van der Waals surface area contributed by atoms with Crippen LogP contribution in [-0.2, 0) is 0 Å². The van der Waals surface area contributed by atoms with Gasteiger partial charge >= 0.3 is 0 Å². The van der Waals surface area contributed by atoms with Gasteiger partial charge in [-0.25, -0.2) is 4.39 Å². The zero-order valence-electron chi connectivity index (χ0n) is 8.57. The van der Waals surface area contributed by atoms with Crippen molar-refractivity contribution in [3.63, 3.8) is 0 Å². The summed E-state index contributed by atoms with van der Waals surface area (Å²) in [6, 6.07) is 7.09. The standard InChI is InChI=1S/C13H9FN2/c14-12-5-13-10(3-8(6-15)7-16-13)4-11(12)9-1-2-9/h3-5,7,9H,1-2H2. The van der Waals surface area contributed by atoms with E-state index in [9.17, 15) is 4.39 Å². The number of rotatable bonds is 1. The topological polar surface area (TPSA) is 36.7 Å². The van der Waals surface area contributed by atoms with Gasteiger partial charge < -0.3 is 0 Å². The molecule has 3 rings (SSSR count). The highest BCUT2D eigenvalue weighted by molar-refractivity contribution is 5.80. The predicted molar refractivity (Wildman–Crippen MR) is 58.4 cm³/mol. The van der Waals surface area contributed by atoms with E-state index in [1.165, 1.54) is 12.3 Å². The van der Waals surface area contributed by atoms with Crippen LogP contribution in [0.3, 0.4) is 0 Å².